The van der Waals surface area contributed by atoms with Gasteiger partial charge in [-0.25, -0.2) is 4.99 Å². The number of pyridine rings is 1. The van der Waals surface area contributed by atoms with Gasteiger partial charge in [0.2, 0.25) is 0 Å². The Bertz CT molecular complexity index is 819. The number of nitrogens with one attached hydrogen (secondary N) is 2. The zero-order valence-corrected chi connectivity index (χ0v) is 17.5. The van der Waals surface area contributed by atoms with Crippen molar-refractivity contribution < 1.29 is 19.5 Å². The van der Waals surface area contributed by atoms with Gasteiger partial charge in [-0.2, -0.15) is 0 Å². The Labute approximate surface area is 171 Å². The minimum Gasteiger partial charge on any atom is -0.481 e. The second-order valence-corrected chi connectivity index (χ2v) is 7.77. The minimum atomic E-state index is -0.891. The van der Waals surface area contributed by atoms with E-state index >= 15 is 0 Å². The van der Waals surface area contributed by atoms with Crippen molar-refractivity contribution in [2.45, 2.75) is 65.3 Å². The van der Waals surface area contributed by atoms with E-state index in [-0.39, 0.29) is 24.2 Å². The summed E-state index contributed by atoms with van der Waals surface area (Å²) in [5, 5.41) is 14.3. The Morgan fingerprint density at radius 2 is 2.00 bits per heavy atom. The monoisotopic (exact) mass is 402 g/mol. The second kappa shape index (κ2) is 9.62. The molecule has 0 spiro atoms. The number of unbranched alkanes of at least 4 members (excludes halogenated alkanes) is 2. The largest absolute Gasteiger partial charge is 0.481 e. The van der Waals surface area contributed by atoms with Gasteiger partial charge >= 0.3 is 5.97 Å². The van der Waals surface area contributed by atoms with E-state index in [0.29, 0.717) is 36.5 Å². The van der Waals surface area contributed by atoms with Crippen molar-refractivity contribution in [1.82, 2.24) is 15.6 Å². The average Bonchev–Trinajstić information content (AvgIpc) is 2.99. The van der Waals surface area contributed by atoms with Crippen LogP contribution < -0.4 is 10.6 Å². The molecule has 3 N–H and O–H groups in total. The number of hydrogen-bond donors (Lipinski definition) is 3. The maximum atomic E-state index is 12.8. The minimum absolute atomic E-state index is 0.00186. The van der Waals surface area contributed by atoms with Gasteiger partial charge < -0.3 is 15.7 Å². The van der Waals surface area contributed by atoms with E-state index in [1.54, 1.807) is 19.2 Å². The molecule has 0 fully saturated rings. The van der Waals surface area contributed by atoms with Crippen LogP contribution in [-0.4, -0.2) is 45.8 Å². The molecule has 0 radical (unpaired) electrons. The van der Waals surface area contributed by atoms with Crippen molar-refractivity contribution in [3.63, 3.8) is 0 Å². The van der Waals surface area contributed by atoms with E-state index in [1.165, 1.54) is 0 Å². The fourth-order valence-electron chi connectivity index (χ4n) is 2.99. The molecule has 1 unspecified atom stereocenters. The van der Waals surface area contributed by atoms with Gasteiger partial charge in [-0.05, 0) is 43.7 Å². The first-order valence-corrected chi connectivity index (χ1v) is 10.1. The fraction of sp³-hybridized carbons (Fsp3) is 0.571. The number of nitrogens with zero attached hydrogens (tertiary/aromatic N) is 2. The van der Waals surface area contributed by atoms with E-state index in [4.69, 9.17) is 5.11 Å². The van der Waals surface area contributed by atoms with Gasteiger partial charge in [0.25, 0.3) is 11.8 Å². The van der Waals surface area contributed by atoms with Crippen molar-refractivity contribution in [2.75, 3.05) is 6.54 Å². The highest BCUT2D eigenvalue weighted by Gasteiger charge is 2.43. The molecular weight excluding hydrogens is 372 g/mol. The fourth-order valence-corrected chi connectivity index (χ4v) is 2.99. The molecule has 0 aliphatic carbocycles. The summed E-state index contributed by atoms with van der Waals surface area (Å²) in [7, 11) is 0. The Morgan fingerprint density at radius 1 is 1.28 bits per heavy atom. The number of carbonyl (C=O) groups excluding carboxylic acids is 2. The summed E-state index contributed by atoms with van der Waals surface area (Å²) in [5.41, 5.74) is 0.764. The molecule has 0 saturated carbocycles. The summed E-state index contributed by atoms with van der Waals surface area (Å²) in [6.07, 6.45) is 4.55. The lowest BCUT2D eigenvalue weighted by Gasteiger charge is -2.21. The van der Waals surface area contributed by atoms with Crippen molar-refractivity contribution in [3.05, 3.63) is 29.1 Å². The van der Waals surface area contributed by atoms with Gasteiger partial charge in [0.05, 0.1) is 5.56 Å². The molecule has 29 heavy (non-hydrogen) atoms. The third-order valence-corrected chi connectivity index (χ3v) is 5.33. The highest BCUT2D eigenvalue weighted by molar-refractivity contribution is 6.18. The zero-order chi connectivity index (χ0) is 21.6. The number of carboxylic acids is 1. The molecule has 158 valence electrons. The quantitative estimate of drug-likeness (QED) is 0.519. The van der Waals surface area contributed by atoms with E-state index in [9.17, 15) is 14.4 Å². The van der Waals surface area contributed by atoms with Crippen molar-refractivity contribution in [1.29, 1.82) is 0 Å². The maximum absolute atomic E-state index is 12.8. The summed E-state index contributed by atoms with van der Waals surface area (Å²) in [6, 6.07) is 1.78. The number of aliphatic carboxylic acids is 1. The van der Waals surface area contributed by atoms with Gasteiger partial charge in [0.1, 0.15) is 11.2 Å². The lowest BCUT2D eigenvalue weighted by atomic mass is 9.89. The number of amides is 2. The van der Waals surface area contributed by atoms with Crippen LogP contribution in [0.4, 0.5) is 0 Å². The van der Waals surface area contributed by atoms with Gasteiger partial charge in [-0.15, -0.1) is 0 Å². The predicted octanol–water partition coefficient (Wildman–Crippen LogP) is 2.31. The van der Waals surface area contributed by atoms with Crippen molar-refractivity contribution in [2.24, 2.45) is 10.9 Å². The molecule has 1 aliphatic rings. The summed E-state index contributed by atoms with van der Waals surface area (Å²) in [5.74, 6) is -0.975. The van der Waals surface area contributed by atoms with Crippen LogP contribution in [0.25, 0.3) is 0 Å². The summed E-state index contributed by atoms with van der Waals surface area (Å²) < 4.78 is 0. The Balaban J connectivity index is 2.16. The standard InChI is InChI=1S/C21H30N4O4/c1-5-14-11-15(19(28)22-10-8-6-7-9-16(26)27)17(23-12-14)18-24-20(29)21(4,25-18)13(2)3/h11-13H,5-10H2,1-4H3,(H,22,28)(H,26,27)(H,24,25,29). The Kier molecular flexibility index (Phi) is 7.47. The van der Waals surface area contributed by atoms with Crippen LogP contribution >= 0.6 is 0 Å². The van der Waals surface area contributed by atoms with Crippen LogP contribution in [0, 0.1) is 5.92 Å². The summed E-state index contributed by atoms with van der Waals surface area (Å²) in [6.45, 7) is 8.05. The lowest BCUT2D eigenvalue weighted by Crippen LogP contribution is -2.41. The SMILES string of the molecule is CCc1cnc(C2=NC(C)(C(C)C)C(=O)N2)c(C(=O)NCCCCCC(=O)O)c1. The molecule has 1 aromatic rings. The van der Waals surface area contributed by atoms with E-state index in [1.807, 2.05) is 20.8 Å². The Hall–Kier alpha value is -2.77. The second-order valence-electron chi connectivity index (χ2n) is 7.77. The van der Waals surface area contributed by atoms with Gasteiger partial charge in [-0.3, -0.25) is 19.4 Å². The number of aliphatic imine (C=N–C) groups is 1. The van der Waals surface area contributed by atoms with Crippen molar-refractivity contribution in [3.8, 4) is 0 Å². The van der Waals surface area contributed by atoms with Crippen LogP contribution in [0.1, 0.15) is 75.0 Å². The Morgan fingerprint density at radius 3 is 2.59 bits per heavy atom. The molecular formula is C21H30N4O4. The first kappa shape index (κ1) is 22.5. The molecule has 2 heterocycles. The first-order valence-electron chi connectivity index (χ1n) is 10.1. The molecule has 1 atom stereocenters. The number of hydrogen-bond acceptors (Lipinski definition) is 5. The van der Waals surface area contributed by atoms with Crippen LogP contribution in [0.2, 0.25) is 0 Å². The molecule has 2 amide bonds. The third kappa shape index (κ3) is 5.40. The topological polar surface area (TPSA) is 121 Å². The van der Waals surface area contributed by atoms with Crippen LogP contribution in [0.3, 0.4) is 0 Å². The first-order chi connectivity index (χ1) is 13.7. The molecule has 0 saturated heterocycles. The van der Waals surface area contributed by atoms with Gasteiger partial charge in [0.15, 0.2) is 5.84 Å². The molecule has 2 rings (SSSR count). The van der Waals surface area contributed by atoms with Crippen LogP contribution in [0.15, 0.2) is 17.3 Å². The molecule has 0 aromatic carbocycles. The summed E-state index contributed by atoms with van der Waals surface area (Å²) in [4.78, 5) is 44.8. The number of aromatic nitrogens is 1. The zero-order valence-electron chi connectivity index (χ0n) is 17.5. The molecule has 8 nitrogen and oxygen atoms in total. The average molecular weight is 402 g/mol. The van der Waals surface area contributed by atoms with Gasteiger partial charge in [0, 0.05) is 19.2 Å². The van der Waals surface area contributed by atoms with E-state index < -0.39 is 11.5 Å². The molecule has 8 heteroatoms. The van der Waals surface area contributed by atoms with E-state index in [2.05, 4.69) is 20.6 Å². The van der Waals surface area contributed by atoms with Crippen LogP contribution in [0.5, 0.6) is 0 Å². The molecule has 0 bridgehead atoms. The van der Waals surface area contributed by atoms with Crippen molar-refractivity contribution >= 4 is 23.6 Å². The number of aryl methyl sites for hydroxylation is 1. The van der Waals surface area contributed by atoms with Crippen LogP contribution in [-0.2, 0) is 16.0 Å². The predicted molar refractivity (Wildman–Crippen MR) is 110 cm³/mol. The molecule has 1 aromatic heterocycles. The smallest absolute Gasteiger partial charge is 0.303 e. The highest BCUT2D eigenvalue weighted by atomic mass is 16.4. The van der Waals surface area contributed by atoms with E-state index in [0.717, 1.165) is 18.4 Å². The normalized spacial score (nSPS) is 18.5. The van der Waals surface area contributed by atoms with Gasteiger partial charge in [-0.1, -0.05) is 27.2 Å². The highest BCUT2D eigenvalue weighted by Crippen LogP contribution is 2.27. The number of amidine groups is 1. The lowest BCUT2D eigenvalue weighted by molar-refractivity contribution is -0.137. The third-order valence-electron chi connectivity index (χ3n) is 5.33. The maximum Gasteiger partial charge on any atom is 0.303 e. The number of rotatable bonds is 10. The number of carbonyl (C=O) groups is 3. The summed E-state index contributed by atoms with van der Waals surface area (Å²) >= 11 is 0. The number of carboxylic acid groups (broad SMARTS) is 1. The molecule has 1 aliphatic heterocycles.